The monoisotopic (exact) mass is 437 g/mol. The minimum absolute atomic E-state index is 0.398. The molecule has 0 aliphatic rings. The highest BCUT2D eigenvalue weighted by atomic mass is 79.9. The maximum absolute atomic E-state index is 11.9. The molecule has 2 rings (SSSR count). The molecule has 0 atom stereocenters. The van der Waals surface area contributed by atoms with Crippen molar-refractivity contribution >= 4 is 51.2 Å². The summed E-state index contributed by atoms with van der Waals surface area (Å²) in [6.07, 6.45) is 2.80. The Morgan fingerprint density at radius 2 is 2.04 bits per heavy atom. The van der Waals surface area contributed by atoms with Gasteiger partial charge in [0.1, 0.15) is 5.75 Å². The van der Waals surface area contributed by atoms with Crippen LogP contribution in [0.2, 0.25) is 5.02 Å². The van der Waals surface area contributed by atoms with E-state index in [1.807, 2.05) is 6.07 Å². The standard InChI is InChI=1S/C19H17BrClNO4/c1-12-15(21)4-3-5-16(12)22-18(23)11-26-19(24)9-6-13-10-14(20)7-8-17(13)25-2/h3-10H,11H2,1-2H3,(H,22,23)/b9-6+. The van der Waals surface area contributed by atoms with Gasteiger partial charge in [0.05, 0.1) is 7.11 Å². The van der Waals surface area contributed by atoms with Gasteiger partial charge in [0.25, 0.3) is 5.91 Å². The Hall–Kier alpha value is -2.31. The second-order valence-corrected chi connectivity index (χ2v) is 6.61. The lowest BCUT2D eigenvalue weighted by Gasteiger charge is -2.09. The van der Waals surface area contributed by atoms with Crippen LogP contribution >= 0.6 is 27.5 Å². The van der Waals surface area contributed by atoms with Gasteiger partial charge >= 0.3 is 5.97 Å². The van der Waals surface area contributed by atoms with Crippen molar-refractivity contribution in [3.63, 3.8) is 0 Å². The largest absolute Gasteiger partial charge is 0.496 e. The van der Waals surface area contributed by atoms with Crippen molar-refractivity contribution in [3.8, 4) is 5.75 Å². The molecule has 0 aliphatic heterocycles. The van der Waals surface area contributed by atoms with E-state index in [2.05, 4.69) is 21.2 Å². The molecular formula is C19H17BrClNO4. The number of anilines is 1. The fraction of sp³-hybridized carbons (Fsp3) is 0.158. The average molecular weight is 439 g/mol. The zero-order valence-electron chi connectivity index (χ0n) is 14.2. The second kappa shape index (κ2) is 9.40. The Labute approximate surface area is 165 Å². The first kappa shape index (κ1) is 20.0. The van der Waals surface area contributed by atoms with Gasteiger partial charge in [-0.05, 0) is 48.9 Å². The van der Waals surface area contributed by atoms with Gasteiger partial charge in [0.15, 0.2) is 6.61 Å². The summed E-state index contributed by atoms with van der Waals surface area (Å²) in [5, 5.41) is 3.20. The van der Waals surface area contributed by atoms with Crippen LogP contribution < -0.4 is 10.1 Å². The number of hydrogen-bond acceptors (Lipinski definition) is 4. The zero-order valence-corrected chi connectivity index (χ0v) is 16.6. The van der Waals surface area contributed by atoms with Gasteiger partial charge in [-0.25, -0.2) is 4.79 Å². The van der Waals surface area contributed by atoms with Crippen molar-refractivity contribution in [2.24, 2.45) is 0 Å². The molecule has 0 aliphatic carbocycles. The SMILES string of the molecule is COc1ccc(Br)cc1/C=C/C(=O)OCC(=O)Nc1cccc(Cl)c1C. The molecule has 0 saturated heterocycles. The van der Waals surface area contributed by atoms with Gasteiger partial charge in [-0.1, -0.05) is 33.6 Å². The van der Waals surface area contributed by atoms with Gasteiger partial charge in [-0.15, -0.1) is 0 Å². The smallest absolute Gasteiger partial charge is 0.331 e. The van der Waals surface area contributed by atoms with Crippen LogP contribution in [0, 0.1) is 6.92 Å². The second-order valence-electron chi connectivity index (χ2n) is 5.29. The molecule has 0 bridgehead atoms. The fourth-order valence-corrected chi connectivity index (χ4v) is 2.66. The van der Waals surface area contributed by atoms with E-state index in [0.29, 0.717) is 22.0 Å². The van der Waals surface area contributed by atoms with Crippen molar-refractivity contribution in [1.29, 1.82) is 0 Å². The van der Waals surface area contributed by atoms with Gasteiger partial charge in [-0.2, -0.15) is 0 Å². The molecule has 0 saturated carbocycles. The van der Waals surface area contributed by atoms with Crippen molar-refractivity contribution in [3.05, 3.63) is 63.1 Å². The molecule has 0 heterocycles. The number of ether oxygens (including phenoxy) is 2. The zero-order chi connectivity index (χ0) is 19.1. The van der Waals surface area contributed by atoms with Gasteiger partial charge in [0, 0.05) is 26.8 Å². The molecule has 136 valence electrons. The van der Waals surface area contributed by atoms with Crippen molar-refractivity contribution in [2.45, 2.75) is 6.92 Å². The fourth-order valence-electron chi connectivity index (χ4n) is 2.11. The summed E-state index contributed by atoms with van der Waals surface area (Å²) < 4.78 is 11.0. The van der Waals surface area contributed by atoms with Gasteiger partial charge in [0.2, 0.25) is 0 Å². The highest BCUT2D eigenvalue weighted by molar-refractivity contribution is 9.10. The van der Waals surface area contributed by atoms with Crippen LogP contribution in [0.15, 0.2) is 46.9 Å². The average Bonchev–Trinajstić information content (AvgIpc) is 2.62. The Kier molecular flexibility index (Phi) is 7.24. The van der Waals surface area contributed by atoms with Crippen molar-refractivity contribution in [1.82, 2.24) is 0 Å². The van der Waals surface area contributed by atoms with E-state index in [4.69, 9.17) is 21.1 Å². The van der Waals surface area contributed by atoms with Crippen LogP contribution in [0.3, 0.4) is 0 Å². The first-order valence-corrected chi connectivity index (χ1v) is 8.81. The van der Waals surface area contributed by atoms with E-state index in [-0.39, 0.29) is 0 Å². The Morgan fingerprint density at radius 3 is 2.77 bits per heavy atom. The molecule has 1 amide bonds. The lowest BCUT2D eigenvalue weighted by molar-refractivity contribution is -0.142. The first-order valence-electron chi connectivity index (χ1n) is 7.64. The molecule has 0 radical (unpaired) electrons. The summed E-state index contributed by atoms with van der Waals surface area (Å²) in [5.41, 5.74) is 2.03. The maximum atomic E-state index is 11.9. The molecule has 26 heavy (non-hydrogen) atoms. The minimum atomic E-state index is -0.634. The summed E-state index contributed by atoms with van der Waals surface area (Å²) in [6.45, 7) is 1.39. The maximum Gasteiger partial charge on any atom is 0.331 e. The van der Waals surface area contributed by atoms with E-state index in [0.717, 1.165) is 10.0 Å². The summed E-state index contributed by atoms with van der Waals surface area (Å²) in [4.78, 5) is 23.7. The number of carbonyl (C=O) groups excluding carboxylic acids is 2. The Morgan fingerprint density at radius 1 is 1.27 bits per heavy atom. The number of hydrogen-bond donors (Lipinski definition) is 1. The third-order valence-corrected chi connectivity index (χ3v) is 4.38. The van der Waals surface area contributed by atoms with Crippen LogP contribution in [0.25, 0.3) is 6.08 Å². The number of amides is 1. The molecule has 5 nitrogen and oxygen atoms in total. The van der Waals surface area contributed by atoms with Crippen molar-refractivity contribution < 1.29 is 19.1 Å². The predicted octanol–water partition coefficient (Wildman–Crippen LogP) is 4.61. The predicted molar refractivity (Wildman–Crippen MR) is 106 cm³/mol. The number of benzene rings is 2. The molecule has 0 fully saturated rings. The number of halogens is 2. The van der Waals surface area contributed by atoms with E-state index >= 15 is 0 Å². The summed E-state index contributed by atoms with van der Waals surface area (Å²) >= 11 is 9.36. The molecule has 2 aromatic carbocycles. The summed E-state index contributed by atoms with van der Waals surface area (Å²) in [6, 6.07) is 10.6. The highest BCUT2D eigenvalue weighted by Gasteiger charge is 2.09. The lowest BCUT2D eigenvalue weighted by Crippen LogP contribution is -2.20. The molecule has 0 unspecified atom stereocenters. The first-order chi connectivity index (χ1) is 12.4. The number of esters is 1. The van der Waals surface area contributed by atoms with Crippen molar-refractivity contribution in [2.75, 3.05) is 19.0 Å². The van der Waals surface area contributed by atoms with Crippen LogP contribution in [0.4, 0.5) is 5.69 Å². The molecule has 0 aromatic heterocycles. The molecule has 1 N–H and O–H groups in total. The van der Waals surface area contributed by atoms with Crippen LogP contribution in [0.1, 0.15) is 11.1 Å². The van der Waals surface area contributed by atoms with Crippen LogP contribution in [-0.2, 0) is 14.3 Å². The lowest BCUT2D eigenvalue weighted by atomic mass is 10.2. The number of nitrogens with one attached hydrogen (secondary N) is 1. The van der Waals surface area contributed by atoms with Gasteiger partial charge < -0.3 is 14.8 Å². The third kappa shape index (κ3) is 5.61. The summed E-state index contributed by atoms with van der Waals surface area (Å²) in [5.74, 6) is -0.464. The Balaban J connectivity index is 1.91. The minimum Gasteiger partial charge on any atom is -0.496 e. The molecule has 2 aromatic rings. The van der Waals surface area contributed by atoms with E-state index in [9.17, 15) is 9.59 Å². The third-order valence-electron chi connectivity index (χ3n) is 3.48. The Bertz CT molecular complexity index is 851. The highest BCUT2D eigenvalue weighted by Crippen LogP contribution is 2.24. The van der Waals surface area contributed by atoms with E-state index in [1.165, 1.54) is 6.08 Å². The topological polar surface area (TPSA) is 64.6 Å². The van der Waals surface area contributed by atoms with Crippen LogP contribution in [0.5, 0.6) is 5.75 Å². The molecule has 0 spiro atoms. The van der Waals surface area contributed by atoms with Gasteiger partial charge in [-0.3, -0.25) is 4.79 Å². The van der Waals surface area contributed by atoms with E-state index in [1.54, 1.807) is 50.4 Å². The molecular weight excluding hydrogens is 422 g/mol. The summed E-state index contributed by atoms with van der Waals surface area (Å²) in [7, 11) is 1.54. The quantitative estimate of drug-likeness (QED) is 0.528. The van der Waals surface area contributed by atoms with Crippen LogP contribution in [-0.4, -0.2) is 25.6 Å². The number of carbonyl (C=O) groups is 2. The normalized spacial score (nSPS) is 10.6. The van der Waals surface area contributed by atoms with E-state index < -0.39 is 18.5 Å². The molecule has 7 heteroatoms. The number of rotatable bonds is 6. The number of methoxy groups -OCH3 is 1.